The highest BCUT2D eigenvalue weighted by Gasteiger charge is 2.41. The van der Waals surface area contributed by atoms with E-state index in [1.165, 1.54) is 4.90 Å². The highest BCUT2D eigenvalue weighted by molar-refractivity contribution is 5.92. The van der Waals surface area contributed by atoms with Gasteiger partial charge in [0.1, 0.15) is 11.8 Å². The van der Waals surface area contributed by atoms with E-state index in [1.807, 2.05) is 38.1 Å². The lowest BCUT2D eigenvalue weighted by atomic mass is 9.98. The number of likely N-dealkylation sites (N-methyl/N-ethyl adjacent to an activating group) is 1. The number of esters is 1. The molecular weight excluding hydrogens is 270 g/mol. The van der Waals surface area contributed by atoms with Crippen molar-refractivity contribution in [1.82, 2.24) is 4.90 Å². The van der Waals surface area contributed by atoms with Crippen LogP contribution in [-0.4, -0.2) is 43.1 Å². The number of morpholine rings is 1. The molecule has 0 aliphatic carbocycles. The minimum atomic E-state index is -0.745. The Morgan fingerprint density at radius 2 is 1.86 bits per heavy atom. The van der Waals surface area contributed by atoms with Gasteiger partial charge < -0.3 is 14.4 Å². The van der Waals surface area contributed by atoms with E-state index in [4.69, 9.17) is 9.47 Å². The zero-order valence-electron chi connectivity index (χ0n) is 12.8. The summed E-state index contributed by atoms with van der Waals surface area (Å²) >= 11 is 0. The maximum absolute atomic E-state index is 12.3. The summed E-state index contributed by atoms with van der Waals surface area (Å²) in [5.41, 5.74) is 0.929. The molecule has 5 nitrogen and oxygen atoms in total. The fraction of sp³-hybridized carbons (Fsp3) is 0.500. The number of rotatable bonds is 4. The van der Waals surface area contributed by atoms with Crippen molar-refractivity contribution < 1.29 is 19.1 Å². The number of benzene rings is 1. The molecule has 0 spiro atoms. The molecule has 0 radical (unpaired) electrons. The lowest BCUT2D eigenvalue weighted by Crippen LogP contribution is -2.57. The molecule has 2 rings (SSSR count). The number of carbonyl (C=O) groups excluding carboxylic acids is 2. The molecule has 1 saturated heterocycles. The lowest BCUT2D eigenvalue weighted by Gasteiger charge is -2.37. The first-order chi connectivity index (χ1) is 9.93. The Bertz CT molecular complexity index is 524. The standard InChI is InChI=1S/C16H21NO4/c1-10(2)14-16(19)21-13(15(18)17(14)3)9-11-5-7-12(20-4)8-6-11/h5-8,10,13-14H,9H2,1-4H3. The van der Waals surface area contributed by atoms with E-state index in [2.05, 4.69) is 0 Å². The average molecular weight is 291 g/mol. The van der Waals surface area contributed by atoms with E-state index in [0.29, 0.717) is 6.42 Å². The molecule has 1 aromatic carbocycles. The van der Waals surface area contributed by atoms with Gasteiger partial charge in [-0.05, 0) is 23.6 Å². The molecule has 1 aliphatic rings. The summed E-state index contributed by atoms with van der Waals surface area (Å²) < 4.78 is 10.4. The van der Waals surface area contributed by atoms with Crippen molar-refractivity contribution in [2.24, 2.45) is 5.92 Å². The number of amides is 1. The average Bonchev–Trinajstić information content (AvgIpc) is 2.45. The van der Waals surface area contributed by atoms with Crippen molar-refractivity contribution in [2.75, 3.05) is 14.2 Å². The van der Waals surface area contributed by atoms with Gasteiger partial charge in [-0.1, -0.05) is 26.0 Å². The van der Waals surface area contributed by atoms with Gasteiger partial charge in [0.2, 0.25) is 0 Å². The third kappa shape index (κ3) is 3.17. The van der Waals surface area contributed by atoms with Crippen molar-refractivity contribution >= 4 is 11.9 Å². The minimum Gasteiger partial charge on any atom is -0.497 e. The summed E-state index contributed by atoms with van der Waals surface area (Å²) in [6.07, 6.45) is -0.366. The van der Waals surface area contributed by atoms with Gasteiger partial charge in [-0.2, -0.15) is 0 Å². The number of methoxy groups -OCH3 is 1. The maximum atomic E-state index is 12.3. The molecule has 114 valence electrons. The van der Waals surface area contributed by atoms with Gasteiger partial charge in [-0.15, -0.1) is 0 Å². The Morgan fingerprint density at radius 1 is 1.24 bits per heavy atom. The van der Waals surface area contributed by atoms with Crippen molar-refractivity contribution in [3.8, 4) is 5.75 Å². The largest absolute Gasteiger partial charge is 0.497 e. The van der Waals surface area contributed by atoms with Crippen LogP contribution in [-0.2, 0) is 20.7 Å². The first kappa shape index (κ1) is 15.4. The summed E-state index contributed by atoms with van der Waals surface area (Å²) in [6.45, 7) is 3.80. The van der Waals surface area contributed by atoms with Gasteiger partial charge in [0.15, 0.2) is 6.10 Å². The lowest BCUT2D eigenvalue weighted by molar-refractivity contribution is -0.178. The molecule has 1 fully saturated rings. The number of carbonyl (C=O) groups is 2. The van der Waals surface area contributed by atoms with Crippen LogP contribution < -0.4 is 4.74 Å². The number of nitrogens with zero attached hydrogens (tertiary/aromatic N) is 1. The molecule has 1 aliphatic heterocycles. The van der Waals surface area contributed by atoms with Crippen LogP contribution in [0.15, 0.2) is 24.3 Å². The molecule has 21 heavy (non-hydrogen) atoms. The van der Waals surface area contributed by atoms with Gasteiger partial charge in [-0.3, -0.25) is 4.79 Å². The Morgan fingerprint density at radius 3 is 2.38 bits per heavy atom. The van der Waals surface area contributed by atoms with Crippen LogP contribution in [0.3, 0.4) is 0 Å². The molecule has 0 bridgehead atoms. The number of hydrogen-bond acceptors (Lipinski definition) is 4. The smallest absolute Gasteiger partial charge is 0.329 e. The van der Waals surface area contributed by atoms with E-state index in [9.17, 15) is 9.59 Å². The van der Waals surface area contributed by atoms with E-state index in [1.54, 1.807) is 14.2 Å². The van der Waals surface area contributed by atoms with Gasteiger partial charge in [-0.25, -0.2) is 4.79 Å². The van der Waals surface area contributed by atoms with Crippen molar-refractivity contribution in [2.45, 2.75) is 32.4 Å². The molecule has 0 aromatic heterocycles. The van der Waals surface area contributed by atoms with Crippen LogP contribution in [0.25, 0.3) is 0 Å². The Labute approximate surface area is 124 Å². The van der Waals surface area contributed by atoms with Crippen LogP contribution in [0, 0.1) is 5.92 Å². The van der Waals surface area contributed by atoms with Crippen molar-refractivity contribution in [3.63, 3.8) is 0 Å². The monoisotopic (exact) mass is 291 g/mol. The second kappa shape index (κ2) is 6.16. The minimum absolute atomic E-state index is 0.0355. The van der Waals surface area contributed by atoms with Gasteiger partial charge in [0.25, 0.3) is 5.91 Å². The predicted molar refractivity (Wildman–Crippen MR) is 78.0 cm³/mol. The quantitative estimate of drug-likeness (QED) is 0.792. The SMILES string of the molecule is COc1ccc(CC2OC(=O)C(C(C)C)N(C)C2=O)cc1. The van der Waals surface area contributed by atoms with Crippen LogP contribution in [0.2, 0.25) is 0 Å². The number of hydrogen-bond donors (Lipinski definition) is 0. The first-order valence-corrected chi connectivity index (χ1v) is 7.04. The number of ether oxygens (including phenoxy) is 2. The molecule has 5 heteroatoms. The zero-order chi connectivity index (χ0) is 15.6. The van der Waals surface area contributed by atoms with Gasteiger partial charge >= 0.3 is 5.97 Å². The Kier molecular flexibility index (Phi) is 4.50. The molecule has 1 aromatic rings. The van der Waals surface area contributed by atoms with Gasteiger partial charge in [0, 0.05) is 13.5 Å². The fourth-order valence-corrected chi connectivity index (χ4v) is 2.61. The van der Waals surface area contributed by atoms with Crippen molar-refractivity contribution in [1.29, 1.82) is 0 Å². The zero-order valence-corrected chi connectivity index (χ0v) is 12.8. The number of cyclic esters (lactones) is 1. The molecule has 2 unspecified atom stereocenters. The summed E-state index contributed by atoms with van der Waals surface area (Å²) in [5, 5.41) is 0. The highest BCUT2D eigenvalue weighted by Crippen LogP contribution is 2.22. The third-order valence-corrected chi connectivity index (χ3v) is 3.75. The van der Waals surface area contributed by atoms with E-state index < -0.39 is 12.1 Å². The second-order valence-electron chi connectivity index (χ2n) is 5.62. The van der Waals surface area contributed by atoms with Crippen LogP contribution in [0.4, 0.5) is 0 Å². The van der Waals surface area contributed by atoms with Crippen molar-refractivity contribution in [3.05, 3.63) is 29.8 Å². The molecule has 1 heterocycles. The normalized spacial score (nSPS) is 22.4. The first-order valence-electron chi connectivity index (χ1n) is 7.04. The molecule has 1 amide bonds. The van der Waals surface area contributed by atoms with Gasteiger partial charge in [0.05, 0.1) is 7.11 Å². The summed E-state index contributed by atoms with van der Waals surface area (Å²) in [6, 6.07) is 6.89. The second-order valence-corrected chi connectivity index (χ2v) is 5.62. The van der Waals surface area contributed by atoms with E-state index in [-0.39, 0.29) is 17.8 Å². The Hall–Kier alpha value is -2.04. The van der Waals surface area contributed by atoms with E-state index in [0.717, 1.165) is 11.3 Å². The topological polar surface area (TPSA) is 55.8 Å². The summed E-state index contributed by atoms with van der Waals surface area (Å²) in [7, 11) is 3.26. The third-order valence-electron chi connectivity index (χ3n) is 3.75. The summed E-state index contributed by atoms with van der Waals surface area (Å²) in [5.74, 6) is 0.311. The molecule has 0 saturated carbocycles. The Balaban J connectivity index is 2.10. The summed E-state index contributed by atoms with van der Waals surface area (Å²) in [4.78, 5) is 25.9. The van der Waals surface area contributed by atoms with Crippen LogP contribution in [0.1, 0.15) is 19.4 Å². The molecule has 2 atom stereocenters. The maximum Gasteiger partial charge on any atom is 0.329 e. The predicted octanol–water partition coefficient (Wildman–Crippen LogP) is 1.65. The molecular formula is C16H21NO4. The van der Waals surface area contributed by atoms with E-state index >= 15 is 0 Å². The van der Waals surface area contributed by atoms with Crippen LogP contribution in [0.5, 0.6) is 5.75 Å². The highest BCUT2D eigenvalue weighted by atomic mass is 16.6. The fourth-order valence-electron chi connectivity index (χ4n) is 2.61. The van der Waals surface area contributed by atoms with Crippen LogP contribution >= 0.6 is 0 Å². The molecule has 0 N–H and O–H groups in total.